The van der Waals surface area contributed by atoms with Crippen molar-refractivity contribution in [1.82, 2.24) is 4.90 Å². The molecule has 2 heterocycles. The van der Waals surface area contributed by atoms with Crippen LogP contribution in [0.2, 0.25) is 0 Å². The van der Waals surface area contributed by atoms with Crippen molar-refractivity contribution in [3.63, 3.8) is 0 Å². The number of amides is 1. The standard InChI is InChI=1S/C24H27NO4S3/c1-17-4-10-20(11-5-17)32(27,28)22-16-25(15-18-6-8-19(29-2)9-7-18)23(26)14-21(22)24-30-12-3-13-31-24/h4-11,16,21,24H,3,12-15H2,1-2H3. The molecule has 2 aromatic rings. The third-order valence-corrected chi connectivity index (χ3v) is 10.8. The lowest BCUT2D eigenvalue weighted by Crippen LogP contribution is -2.38. The van der Waals surface area contributed by atoms with E-state index < -0.39 is 9.84 Å². The van der Waals surface area contributed by atoms with Gasteiger partial charge in [-0.05, 0) is 54.7 Å². The number of carbonyl (C=O) groups is 1. The summed E-state index contributed by atoms with van der Waals surface area (Å²) in [7, 11) is -2.11. The Kier molecular flexibility index (Phi) is 7.22. The van der Waals surface area contributed by atoms with Gasteiger partial charge >= 0.3 is 0 Å². The Morgan fingerprint density at radius 2 is 1.69 bits per heavy atom. The topological polar surface area (TPSA) is 63.7 Å². The number of hydrogen-bond donors (Lipinski definition) is 0. The fourth-order valence-corrected chi connectivity index (χ4v) is 8.88. The minimum atomic E-state index is -3.72. The number of aryl methyl sites for hydroxylation is 1. The number of allylic oxidation sites excluding steroid dienone is 1. The van der Waals surface area contributed by atoms with Gasteiger partial charge in [-0.2, -0.15) is 0 Å². The molecule has 1 amide bonds. The maximum atomic E-state index is 13.7. The summed E-state index contributed by atoms with van der Waals surface area (Å²) >= 11 is 3.54. The zero-order chi connectivity index (χ0) is 22.7. The van der Waals surface area contributed by atoms with Gasteiger partial charge in [0.1, 0.15) is 5.75 Å². The number of rotatable bonds is 6. The summed E-state index contributed by atoms with van der Waals surface area (Å²) in [5, 5.41) is 0. The molecule has 8 heteroatoms. The average molecular weight is 490 g/mol. The molecule has 2 aromatic carbocycles. The average Bonchev–Trinajstić information content (AvgIpc) is 2.81. The summed E-state index contributed by atoms with van der Waals surface area (Å²) in [6.07, 6.45) is 2.91. The molecule has 0 spiro atoms. The molecule has 0 N–H and O–H groups in total. The Labute approximate surface area is 198 Å². The van der Waals surface area contributed by atoms with Gasteiger partial charge < -0.3 is 9.64 Å². The fourth-order valence-electron chi connectivity index (χ4n) is 3.88. The first-order valence-electron chi connectivity index (χ1n) is 10.6. The van der Waals surface area contributed by atoms with Gasteiger partial charge in [-0.3, -0.25) is 4.79 Å². The number of benzene rings is 2. The summed E-state index contributed by atoms with van der Waals surface area (Å²) in [6, 6.07) is 14.4. The van der Waals surface area contributed by atoms with Crippen molar-refractivity contribution in [3.05, 3.63) is 70.8 Å². The Balaban J connectivity index is 1.70. The Bertz CT molecular complexity index is 1090. The van der Waals surface area contributed by atoms with Crippen molar-refractivity contribution in [3.8, 4) is 5.75 Å². The molecule has 5 nitrogen and oxygen atoms in total. The maximum absolute atomic E-state index is 13.7. The smallest absolute Gasteiger partial charge is 0.227 e. The fraction of sp³-hybridized carbons (Fsp3) is 0.375. The highest BCUT2D eigenvalue weighted by Crippen LogP contribution is 2.45. The number of thioether (sulfide) groups is 2. The van der Waals surface area contributed by atoms with Crippen LogP contribution in [0.25, 0.3) is 0 Å². The van der Waals surface area contributed by atoms with E-state index in [-0.39, 0.29) is 27.7 Å². The van der Waals surface area contributed by atoms with Crippen LogP contribution in [0.15, 0.2) is 64.5 Å². The first-order chi connectivity index (χ1) is 15.4. The van der Waals surface area contributed by atoms with Gasteiger partial charge in [-0.25, -0.2) is 8.42 Å². The summed E-state index contributed by atoms with van der Waals surface area (Å²) < 4.78 is 32.7. The van der Waals surface area contributed by atoms with Gasteiger partial charge in [0.2, 0.25) is 15.7 Å². The van der Waals surface area contributed by atoms with Crippen molar-refractivity contribution in [2.75, 3.05) is 18.6 Å². The van der Waals surface area contributed by atoms with Crippen molar-refractivity contribution in [1.29, 1.82) is 0 Å². The number of sulfone groups is 1. The molecule has 32 heavy (non-hydrogen) atoms. The number of hydrogen-bond acceptors (Lipinski definition) is 6. The second-order valence-electron chi connectivity index (χ2n) is 7.99. The third-order valence-electron chi connectivity index (χ3n) is 5.70. The van der Waals surface area contributed by atoms with Crippen LogP contribution in [0.3, 0.4) is 0 Å². The van der Waals surface area contributed by atoms with E-state index in [1.165, 1.54) is 0 Å². The second kappa shape index (κ2) is 9.93. The maximum Gasteiger partial charge on any atom is 0.227 e. The van der Waals surface area contributed by atoms with E-state index >= 15 is 0 Å². The van der Waals surface area contributed by atoms with Crippen LogP contribution >= 0.6 is 23.5 Å². The van der Waals surface area contributed by atoms with Crippen LogP contribution in [0.4, 0.5) is 0 Å². The molecule has 170 valence electrons. The van der Waals surface area contributed by atoms with Crippen LogP contribution in [0.1, 0.15) is 24.0 Å². The lowest BCUT2D eigenvalue weighted by molar-refractivity contribution is -0.130. The molecule has 0 aromatic heterocycles. The van der Waals surface area contributed by atoms with E-state index in [0.717, 1.165) is 34.8 Å². The molecule has 1 fully saturated rings. The zero-order valence-electron chi connectivity index (χ0n) is 18.2. The van der Waals surface area contributed by atoms with Crippen molar-refractivity contribution in [2.24, 2.45) is 5.92 Å². The molecule has 1 saturated heterocycles. The lowest BCUT2D eigenvalue weighted by atomic mass is 10.0. The van der Waals surface area contributed by atoms with E-state index in [1.54, 1.807) is 53.9 Å². The highest BCUT2D eigenvalue weighted by atomic mass is 32.2. The molecule has 4 rings (SSSR count). The van der Waals surface area contributed by atoms with Gasteiger partial charge in [0.25, 0.3) is 0 Å². The predicted octanol–water partition coefficient (Wildman–Crippen LogP) is 4.86. The van der Waals surface area contributed by atoms with Crippen molar-refractivity contribution in [2.45, 2.75) is 35.8 Å². The van der Waals surface area contributed by atoms with Gasteiger partial charge in [-0.1, -0.05) is 29.8 Å². The number of carbonyl (C=O) groups excluding carboxylic acids is 1. The van der Waals surface area contributed by atoms with Gasteiger partial charge in [0.05, 0.1) is 28.0 Å². The molecule has 2 aliphatic rings. The molecule has 0 bridgehead atoms. The normalized spacial score (nSPS) is 20.2. The molecule has 0 saturated carbocycles. The van der Waals surface area contributed by atoms with Crippen LogP contribution in [-0.2, 0) is 21.2 Å². The number of methoxy groups -OCH3 is 1. The second-order valence-corrected chi connectivity index (χ2v) is 12.7. The first-order valence-corrected chi connectivity index (χ1v) is 14.2. The van der Waals surface area contributed by atoms with Gasteiger partial charge in [0.15, 0.2) is 0 Å². The number of ether oxygens (including phenoxy) is 1. The van der Waals surface area contributed by atoms with Crippen LogP contribution in [-0.4, -0.2) is 42.4 Å². The Hall–Kier alpha value is -1.90. The molecular weight excluding hydrogens is 462 g/mol. The summed E-state index contributed by atoms with van der Waals surface area (Å²) in [5.74, 6) is 2.37. The third kappa shape index (κ3) is 5.02. The van der Waals surface area contributed by atoms with E-state index in [0.29, 0.717) is 11.4 Å². The van der Waals surface area contributed by atoms with Crippen LogP contribution in [0.5, 0.6) is 5.75 Å². The van der Waals surface area contributed by atoms with E-state index in [9.17, 15) is 13.2 Å². The quantitative estimate of drug-likeness (QED) is 0.577. The molecule has 0 aliphatic carbocycles. The van der Waals surface area contributed by atoms with Crippen LogP contribution in [0, 0.1) is 12.8 Å². The lowest BCUT2D eigenvalue weighted by Gasteiger charge is -2.36. The molecule has 2 aliphatic heterocycles. The number of nitrogens with zero attached hydrogens (tertiary/aromatic N) is 1. The summed E-state index contributed by atoms with van der Waals surface area (Å²) in [4.78, 5) is 15.3. The van der Waals surface area contributed by atoms with E-state index in [1.807, 2.05) is 43.3 Å². The highest BCUT2D eigenvalue weighted by molar-refractivity contribution is 8.17. The molecule has 1 atom stereocenters. The predicted molar refractivity (Wildman–Crippen MR) is 131 cm³/mol. The monoisotopic (exact) mass is 489 g/mol. The summed E-state index contributed by atoms with van der Waals surface area (Å²) in [5.41, 5.74) is 1.93. The minimum Gasteiger partial charge on any atom is -0.497 e. The summed E-state index contributed by atoms with van der Waals surface area (Å²) in [6.45, 7) is 2.26. The van der Waals surface area contributed by atoms with Crippen molar-refractivity contribution >= 4 is 39.3 Å². The minimum absolute atomic E-state index is 0.0413. The van der Waals surface area contributed by atoms with E-state index in [4.69, 9.17) is 4.74 Å². The largest absolute Gasteiger partial charge is 0.497 e. The molecule has 1 unspecified atom stereocenters. The molecular formula is C24H27NO4S3. The zero-order valence-corrected chi connectivity index (χ0v) is 20.6. The van der Waals surface area contributed by atoms with E-state index in [2.05, 4.69) is 0 Å². The first kappa shape index (κ1) is 23.3. The van der Waals surface area contributed by atoms with Crippen LogP contribution < -0.4 is 4.74 Å². The Morgan fingerprint density at radius 3 is 2.31 bits per heavy atom. The van der Waals surface area contributed by atoms with Gasteiger partial charge in [-0.15, -0.1) is 23.5 Å². The Morgan fingerprint density at radius 1 is 1.03 bits per heavy atom. The van der Waals surface area contributed by atoms with Crippen molar-refractivity contribution < 1.29 is 17.9 Å². The van der Waals surface area contributed by atoms with Gasteiger partial charge in [0, 0.05) is 18.5 Å². The highest BCUT2D eigenvalue weighted by Gasteiger charge is 2.40. The SMILES string of the molecule is COc1ccc(CN2C=C(S(=O)(=O)c3ccc(C)cc3)C(C3SCCCS3)CC2=O)cc1. The molecule has 0 radical (unpaired) electrons.